The lowest BCUT2D eigenvalue weighted by atomic mass is 9.65. The van der Waals surface area contributed by atoms with E-state index in [-0.39, 0.29) is 17.8 Å². The van der Waals surface area contributed by atoms with Gasteiger partial charge in [0.2, 0.25) is 0 Å². The molecule has 3 heteroatoms. The molecule has 11 heavy (non-hydrogen) atoms. The number of alkyl halides is 3. The second-order valence-electron chi connectivity index (χ2n) is 3.67. The number of hydrogen-bond donors (Lipinski definition) is 0. The van der Waals surface area contributed by atoms with Crippen molar-refractivity contribution in [1.82, 2.24) is 0 Å². The van der Waals surface area contributed by atoms with E-state index in [0.29, 0.717) is 0 Å². The molecular weight excluding hydrogens is 153 g/mol. The zero-order valence-corrected chi connectivity index (χ0v) is 6.78. The van der Waals surface area contributed by atoms with Crippen LogP contribution in [0.1, 0.15) is 26.7 Å². The van der Waals surface area contributed by atoms with E-state index >= 15 is 0 Å². The number of halogens is 3. The topological polar surface area (TPSA) is 0 Å². The van der Waals surface area contributed by atoms with Crippen LogP contribution in [0.4, 0.5) is 13.2 Å². The third-order valence-electron chi connectivity index (χ3n) is 2.67. The molecule has 0 nitrogen and oxygen atoms in total. The van der Waals surface area contributed by atoms with Gasteiger partial charge in [-0.3, -0.25) is 0 Å². The molecule has 0 N–H and O–H groups in total. The first-order chi connectivity index (χ1) is 4.90. The summed E-state index contributed by atoms with van der Waals surface area (Å²) < 4.78 is 35.6. The minimum atomic E-state index is -3.96. The van der Waals surface area contributed by atoms with Crippen molar-refractivity contribution in [3.63, 3.8) is 0 Å². The molecule has 0 saturated heterocycles. The average Bonchev–Trinajstić information content (AvgIpc) is 1.83. The van der Waals surface area contributed by atoms with Crippen molar-refractivity contribution in [1.29, 1.82) is 0 Å². The van der Waals surface area contributed by atoms with Crippen LogP contribution in [-0.4, -0.2) is 6.18 Å². The molecule has 1 aliphatic rings. The lowest BCUT2D eigenvalue weighted by molar-refractivity contribution is -0.163. The van der Waals surface area contributed by atoms with Crippen molar-refractivity contribution in [2.24, 2.45) is 17.8 Å². The van der Waals surface area contributed by atoms with Gasteiger partial charge in [-0.2, -0.15) is 13.2 Å². The molecule has 2 atom stereocenters. The molecule has 0 aromatic carbocycles. The minimum Gasteiger partial charge on any atom is -0.171 e. The van der Waals surface area contributed by atoms with Crippen LogP contribution in [0.15, 0.2) is 0 Å². The Morgan fingerprint density at radius 2 is 1.64 bits per heavy atom. The molecule has 0 heterocycles. The highest BCUT2D eigenvalue weighted by Crippen LogP contribution is 2.45. The summed E-state index contributed by atoms with van der Waals surface area (Å²) in [4.78, 5) is 0. The first kappa shape index (κ1) is 8.88. The Labute approximate surface area is 64.8 Å². The van der Waals surface area contributed by atoms with Crippen LogP contribution in [-0.2, 0) is 0 Å². The van der Waals surface area contributed by atoms with E-state index in [0.717, 1.165) is 6.42 Å². The second-order valence-corrected chi connectivity index (χ2v) is 3.67. The van der Waals surface area contributed by atoms with E-state index in [1.165, 1.54) is 0 Å². The van der Waals surface area contributed by atoms with Gasteiger partial charge >= 0.3 is 6.18 Å². The SMILES string of the molecule is CC1CC(C)C1CC(F)(F)F. The van der Waals surface area contributed by atoms with Crippen molar-refractivity contribution in [2.75, 3.05) is 0 Å². The van der Waals surface area contributed by atoms with Crippen LogP contribution >= 0.6 is 0 Å². The van der Waals surface area contributed by atoms with E-state index in [1.54, 1.807) is 0 Å². The molecule has 2 unspecified atom stereocenters. The Hall–Kier alpha value is -0.210. The largest absolute Gasteiger partial charge is 0.389 e. The highest BCUT2D eigenvalue weighted by atomic mass is 19.4. The molecule has 0 bridgehead atoms. The highest BCUT2D eigenvalue weighted by molar-refractivity contribution is 4.85. The Morgan fingerprint density at radius 3 is 1.82 bits per heavy atom. The molecule has 0 aromatic rings. The third-order valence-corrected chi connectivity index (χ3v) is 2.67. The van der Waals surface area contributed by atoms with Crippen LogP contribution in [0.3, 0.4) is 0 Å². The minimum absolute atomic E-state index is 0.116. The average molecular weight is 166 g/mol. The van der Waals surface area contributed by atoms with E-state index < -0.39 is 12.6 Å². The van der Waals surface area contributed by atoms with E-state index in [9.17, 15) is 13.2 Å². The van der Waals surface area contributed by atoms with Crippen LogP contribution in [0, 0.1) is 17.8 Å². The summed E-state index contributed by atoms with van der Waals surface area (Å²) in [5, 5.41) is 0. The summed E-state index contributed by atoms with van der Waals surface area (Å²) in [5.74, 6) is 0.424. The fourth-order valence-corrected chi connectivity index (χ4v) is 1.97. The summed E-state index contributed by atoms with van der Waals surface area (Å²) >= 11 is 0. The van der Waals surface area contributed by atoms with Crippen LogP contribution in [0.25, 0.3) is 0 Å². The fourth-order valence-electron chi connectivity index (χ4n) is 1.97. The second kappa shape index (κ2) is 2.68. The molecule has 0 amide bonds. The zero-order chi connectivity index (χ0) is 8.65. The van der Waals surface area contributed by atoms with E-state index in [1.807, 2.05) is 13.8 Å². The summed E-state index contributed by atoms with van der Waals surface area (Å²) in [6, 6.07) is 0. The summed E-state index contributed by atoms with van der Waals surface area (Å²) in [6.45, 7) is 3.80. The molecule has 0 aromatic heterocycles. The van der Waals surface area contributed by atoms with Gasteiger partial charge in [-0.25, -0.2) is 0 Å². The normalized spacial score (nSPS) is 38.5. The van der Waals surface area contributed by atoms with Crippen molar-refractivity contribution in [3.8, 4) is 0 Å². The van der Waals surface area contributed by atoms with Crippen molar-refractivity contribution in [3.05, 3.63) is 0 Å². The molecule has 0 spiro atoms. The molecule has 1 saturated carbocycles. The predicted octanol–water partition coefficient (Wildman–Crippen LogP) is 3.23. The highest BCUT2D eigenvalue weighted by Gasteiger charge is 2.42. The molecule has 0 radical (unpaired) electrons. The van der Waals surface area contributed by atoms with Gasteiger partial charge in [0.1, 0.15) is 0 Å². The first-order valence-electron chi connectivity index (χ1n) is 3.97. The Kier molecular flexibility index (Phi) is 2.17. The quantitative estimate of drug-likeness (QED) is 0.561. The molecular formula is C8H13F3. The zero-order valence-electron chi connectivity index (χ0n) is 6.78. The Bertz CT molecular complexity index is 131. The predicted molar refractivity (Wildman–Crippen MR) is 37.1 cm³/mol. The van der Waals surface area contributed by atoms with Gasteiger partial charge in [-0.1, -0.05) is 13.8 Å². The van der Waals surface area contributed by atoms with E-state index in [4.69, 9.17) is 0 Å². The van der Waals surface area contributed by atoms with Crippen molar-refractivity contribution < 1.29 is 13.2 Å². The van der Waals surface area contributed by atoms with Gasteiger partial charge < -0.3 is 0 Å². The van der Waals surface area contributed by atoms with Gasteiger partial charge in [-0.15, -0.1) is 0 Å². The van der Waals surface area contributed by atoms with Gasteiger partial charge in [0.05, 0.1) is 0 Å². The Balaban J connectivity index is 2.37. The summed E-state index contributed by atoms with van der Waals surface area (Å²) in [5.41, 5.74) is 0. The lowest BCUT2D eigenvalue weighted by Gasteiger charge is -2.41. The van der Waals surface area contributed by atoms with Gasteiger partial charge in [0.15, 0.2) is 0 Å². The molecule has 1 aliphatic carbocycles. The molecule has 1 rings (SSSR count). The molecule has 0 aliphatic heterocycles. The monoisotopic (exact) mass is 166 g/mol. The van der Waals surface area contributed by atoms with Crippen molar-refractivity contribution in [2.45, 2.75) is 32.9 Å². The maximum absolute atomic E-state index is 11.9. The summed E-state index contributed by atoms with van der Waals surface area (Å²) in [7, 11) is 0. The van der Waals surface area contributed by atoms with Crippen LogP contribution in [0.2, 0.25) is 0 Å². The molecule has 1 fully saturated rings. The first-order valence-corrected chi connectivity index (χ1v) is 3.97. The van der Waals surface area contributed by atoms with Crippen molar-refractivity contribution >= 4 is 0 Å². The maximum atomic E-state index is 11.9. The van der Waals surface area contributed by atoms with Crippen LogP contribution in [0.5, 0.6) is 0 Å². The molecule has 66 valence electrons. The van der Waals surface area contributed by atoms with Gasteiger partial charge in [-0.05, 0) is 24.2 Å². The summed E-state index contributed by atoms with van der Waals surface area (Å²) in [6.07, 6.45) is -3.59. The maximum Gasteiger partial charge on any atom is 0.389 e. The third kappa shape index (κ3) is 2.11. The Morgan fingerprint density at radius 1 is 1.18 bits per heavy atom. The number of rotatable bonds is 1. The smallest absolute Gasteiger partial charge is 0.171 e. The van der Waals surface area contributed by atoms with Gasteiger partial charge in [0, 0.05) is 6.42 Å². The number of hydrogen-bond acceptors (Lipinski definition) is 0. The van der Waals surface area contributed by atoms with Crippen LogP contribution < -0.4 is 0 Å². The lowest BCUT2D eigenvalue weighted by Crippen LogP contribution is -2.36. The standard InChI is InChI=1S/C8H13F3/c1-5-3-6(2)7(5)4-8(9,10)11/h5-7H,3-4H2,1-2H3. The fraction of sp³-hybridized carbons (Fsp3) is 1.00. The van der Waals surface area contributed by atoms with Gasteiger partial charge in [0.25, 0.3) is 0 Å². The van der Waals surface area contributed by atoms with E-state index in [2.05, 4.69) is 0 Å².